The van der Waals surface area contributed by atoms with E-state index >= 15 is 0 Å². The van der Waals surface area contributed by atoms with E-state index in [4.69, 9.17) is 4.74 Å². The number of carbonyl (C=O) groups excluding carboxylic acids is 1. The van der Waals surface area contributed by atoms with Gasteiger partial charge in [-0.1, -0.05) is 49.8 Å². The van der Waals surface area contributed by atoms with Crippen LogP contribution in [0.3, 0.4) is 0 Å². The molecule has 0 saturated carbocycles. The Kier molecular flexibility index (Phi) is 3.61. The predicted molar refractivity (Wildman–Crippen MR) is 101 cm³/mol. The van der Waals surface area contributed by atoms with Gasteiger partial charge in [-0.15, -0.1) is 0 Å². The molecule has 0 N–H and O–H groups in total. The minimum absolute atomic E-state index is 0.0838. The first-order valence-corrected chi connectivity index (χ1v) is 9.12. The Morgan fingerprint density at radius 2 is 1.76 bits per heavy atom. The Balaban J connectivity index is 2.11. The smallest absolute Gasteiger partial charge is 0.171 e. The van der Waals surface area contributed by atoms with Crippen molar-refractivity contribution in [3.63, 3.8) is 0 Å². The van der Waals surface area contributed by atoms with Crippen LogP contribution in [0, 0.1) is 5.92 Å². The van der Waals surface area contributed by atoms with Crippen molar-refractivity contribution >= 4 is 11.4 Å². The highest BCUT2D eigenvalue weighted by molar-refractivity contribution is 6.09. The lowest BCUT2D eigenvalue weighted by Gasteiger charge is -2.42. The fourth-order valence-electron chi connectivity index (χ4n) is 5.18. The SMILES string of the molecule is CCC1=C(C)c2ccccc2[C@]2(CC)c3ccc(OC)cc3C(=O)[C@H]12. The van der Waals surface area contributed by atoms with E-state index in [9.17, 15) is 4.79 Å². The van der Waals surface area contributed by atoms with Crippen molar-refractivity contribution in [1.29, 1.82) is 0 Å². The lowest BCUT2D eigenvalue weighted by Crippen LogP contribution is -2.39. The Hall–Kier alpha value is -2.35. The Morgan fingerprint density at radius 3 is 2.44 bits per heavy atom. The predicted octanol–water partition coefficient (Wildman–Crippen LogP) is 5.40. The van der Waals surface area contributed by atoms with Crippen molar-refractivity contribution < 1.29 is 9.53 Å². The normalized spacial score (nSPS) is 24.0. The zero-order valence-electron chi connectivity index (χ0n) is 15.3. The molecule has 0 fully saturated rings. The van der Waals surface area contributed by atoms with Gasteiger partial charge in [0.05, 0.1) is 13.0 Å². The summed E-state index contributed by atoms with van der Waals surface area (Å²) in [6.07, 6.45) is 1.82. The molecule has 25 heavy (non-hydrogen) atoms. The van der Waals surface area contributed by atoms with Crippen molar-refractivity contribution in [3.8, 4) is 5.75 Å². The summed E-state index contributed by atoms with van der Waals surface area (Å²) in [7, 11) is 1.65. The standard InChI is InChI=1S/C23H24O2/c1-5-16-14(3)17-9-7-8-10-19(17)23(6-2)20-12-11-15(25-4)13-18(20)22(24)21(16)23/h7-13,21H,5-6H2,1-4H3/t21-,23+/m0/s1. The summed E-state index contributed by atoms with van der Waals surface area (Å²) in [4.78, 5) is 13.5. The van der Waals surface area contributed by atoms with Gasteiger partial charge in [0.15, 0.2) is 5.78 Å². The zero-order chi connectivity index (χ0) is 17.8. The first kappa shape index (κ1) is 16.1. The number of benzene rings is 2. The maximum atomic E-state index is 13.5. The van der Waals surface area contributed by atoms with E-state index in [2.05, 4.69) is 51.1 Å². The molecule has 0 heterocycles. The second kappa shape index (κ2) is 5.59. The summed E-state index contributed by atoms with van der Waals surface area (Å²) >= 11 is 0. The second-order valence-electron chi connectivity index (χ2n) is 7.08. The fourth-order valence-corrected chi connectivity index (χ4v) is 5.18. The summed E-state index contributed by atoms with van der Waals surface area (Å²) in [6.45, 7) is 6.56. The number of carbonyl (C=O) groups is 1. The van der Waals surface area contributed by atoms with Crippen LogP contribution in [-0.2, 0) is 5.41 Å². The van der Waals surface area contributed by atoms with E-state index in [1.165, 1.54) is 22.3 Å². The van der Waals surface area contributed by atoms with Gasteiger partial charge in [-0.3, -0.25) is 4.79 Å². The largest absolute Gasteiger partial charge is 0.497 e. The van der Waals surface area contributed by atoms with Gasteiger partial charge in [-0.2, -0.15) is 0 Å². The third kappa shape index (κ3) is 1.88. The Morgan fingerprint density at radius 1 is 1.04 bits per heavy atom. The van der Waals surface area contributed by atoms with Gasteiger partial charge in [0.25, 0.3) is 0 Å². The average molecular weight is 332 g/mol. The van der Waals surface area contributed by atoms with Gasteiger partial charge in [-0.25, -0.2) is 0 Å². The van der Waals surface area contributed by atoms with Crippen LogP contribution in [0.25, 0.3) is 5.57 Å². The van der Waals surface area contributed by atoms with Crippen molar-refractivity contribution in [3.05, 3.63) is 70.3 Å². The number of fused-ring (bicyclic) bond motifs is 5. The summed E-state index contributed by atoms with van der Waals surface area (Å²) in [5.74, 6) is 0.921. The summed E-state index contributed by atoms with van der Waals surface area (Å²) in [5, 5.41) is 0. The Bertz CT molecular complexity index is 906. The molecule has 2 nitrogen and oxygen atoms in total. The minimum atomic E-state index is -0.250. The fraction of sp³-hybridized carbons (Fsp3) is 0.348. The van der Waals surface area contributed by atoms with E-state index in [1.54, 1.807) is 7.11 Å². The molecule has 0 aromatic heterocycles. The number of hydrogen-bond donors (Lipinski definition) is 0. The molecule has 0 spiro atoms. The third-order valence-corrected chi connectivity index (χ3v) is 6.31. The first-order chi connectivity index (χ1) is 12.1. The molecule has 0 amide bonds. The van der Waals surface area contributed by atoms with Crippen LogP contribution < -0.4 is 4.74 Å². The average Bonchev–Trinajstić information content (AvgIpc) is 2.92. The van der Waals surface area contributed by atoms with E-state index in [-0.39, 0.29) is 17.1 Å². The molecule has 2 aliphatic rings. The summed E-state index contributed by atoms with van der Waals surface area (Å²) < 4.78 is 5.39. The van der Waals surface area contributed by atoms with Gasteiger partial charge in [-0.05, 0) is 54.2 Å². The molecular weight excluding hydrogens is 308 g/mol. The Labute approximate surface area is 149 Å². The molecule has 2 heteroatoms. The lowest BCUT2D eigenvalue weighted by molar-refractivity contribution is 0.0920. The maximum Gasteiger partial charge on any atom is 0.171 e. The van der Waals surface area contributed by atoms with Crippen molar-refractivity contribution in [2.45, 2.75) is 39.0 Å². The van der Waals surface area contributed by atoms with Crippen LogP contribution in [0.2, 0.25) is 0 Å². The number of methoxy groups -OCH3 is 1. The van der Waals surface area contributed by atoms with Crippen LogP contribution in [0.15, 0.2) is 48.0 Å². The minimum Gasteiger partial charge on any atom is -0.497 e. The van der Waals surface area contributed by atoms with Crippen LogP contribution >= 0.6 is 0 Å². The quantitative estimate of drug-likeness (QED) is 0.752. The number of rotatable bonds is 3. The molecule has 4 rings (SSSR count). The van der Waals surface area contributed by atoms with E-state index < -0.39 is 0 Å². The van der Waals surface area contributed by atoms with Crippen molar-refractivity contribution in [1.82, 2.24) is 0 Å². The highest BCUT2D eigenvalue weighted by Crippen LogP contribution is 2.58. The highest BCUT2D eigenvalue weighted by atomic mass is 16.5. The first-order valence-electron chi connectivity index (χ1n) is 9.12. The summed E-state index contributed by atoms with van der Waals surface area (Å²) in [5.41, 5.74) is 6.92. The molecule has 0 unspecified atom stereocenters. The van der Waals surface area contributed by atoms with Crippen LogP contribution in [0.5, 0.6) is 5.75 Å². The molecule has 2 aromatic carbocycles. The van der Waals surface area contributed by atoms with Gasteiger partial charge in [0.2, 0.25) is 0 Å². The number of hydrogen-bond acceptors (Lipinski definition) is 2. The van der Waals surface area contributed by atoms with Crippen LogP contribution in [0.1, 0.15) is 60.7 Å². The molecule has 2 aliphatic carbocycles. The number of ether oxygens (including phenoxy) is 1. The topological polar surface area (TPSA) is 26.3 Å². The molecule has 128 valence electrons. The third-order valence-electron chi connectivity index (χ3n) is 6.31. The van der Waals surface area contributed by atoms with Gasteiger partial charge < -0.3 is 4.74 Å². The molecular formula is C23H24O2. The zero-order valence-corrected chi connectivity index (χ0v) is 15.3. The molecule has 0 aliphatic heterocycles. The monoisotopic (exact) mass is 332 g/mol. The van der Waals surface area contributed by atoms with Gasteiger partial charge in [0.1, 0.15) is 5.75 Å². The van der Waals surface area contributed by atoms with E-state index in [0.717, 1.165) is 29.7 Å². The number of ketones is 1. The van der Waals surface area contributed by atoms with Gasteiger partial charge >= 0.3 is 0 Å². The van der Waals surface area contributed by atoms with E-state index in [1.807, 2.05) is 12.1 Å². The molecule has 2 atom stereocenters. The van der Waals surface area contributed by atoms with E-state index in [0.29, 0.717) is 0 Å². The molecule has 0 saturated heterocycles. The van der Waals surface area contributed by atoms with Crippen molar-refractivity contribution in [2.75, 3.05) is 7.11 Å². The number of Topliss-reactive ketones (excluding diaryl/α,β-unsaturated/α-hetero) is 1. The maximum absolute atomic E-state index is 13.5. The highest BCUT2D eigenvalue weighted by Gasteiger charge is 2.55. The molecule has 0 bridgehead atoms. The molecule has 0 radical (unpaired) electrons. The van der Waals surface area contributed by atoms with Crippen LogP contribution in [-0.4, -0.2) is 12.9 Å². The molecule has 2 aromatic rings. The number of allylic oxidation sites excluding steroid dienone is 2. The lowest BCUT2D eigenvalue weighted by atomic mass is 9.59. The summed E-state index contributed by atoms with van der Waals surface area (Å²) in [6, 6.07) is 14.7. The second-order valence-corrected chi connectivity index (χ2v) is 7.08. The van der Waals surface area contributed by atoms with Crippen LogP contribution in [0.4, 0.5) is 0 Å². The van der Waals surface area contributed by atoms with Gasteiger partial charge in [0, 0.05) is 11.0 Å². The van der Waals surface area contributed by atoms with Crippen molar-refractivity contribution in [2.24, 2.45) is 5.92 Å².